The second-order valence-electron chi connectivity index (χ2n) is 8.92. The predicted octanol–water partition coefficient (Wildman–Crippen LogP) is 5.60. The van der Waals surface area contributed by atoms with Gasteiger partial charge in [0.15, 0.2) is 11.5 Å². The van der Waals surface area contributed by atoms with E-state index >= 15 is 0 Å². The molecule has 188 valence electrons. The largest absolute Gasteiger partial charge is 0.490 e. The maximum atomic E-state index is 12.2. The van der Waals surface area contributed by atoms with Crippen LogP contribution < -0.4 is 14.8 Å². The highest BCUT2D eigenvalue weighted by Crippen LogP contribution is 2.29. The fourth-order valence-corrected chi connectivity index (χ4v) is 4.52. The Bertz CT molecular complexity index is 1180. The number of nitrogens with one attached hydrogen (secondary N) is 1. The number of ether oxygens (including phenoxy) is 2. The molecule has 0 amide bonds. The molecule has 3 aromatic rings. The van der Waals surface area contributed by atoms with Crippen LogP contribution in [-0.2, 0) is 19.5 Å². The van der Waals surface area contributed by atoms with Crippen molar-refractivity contribution in [3.05, 3.63) is 81.2 Å². The molecule has 0 radical (unpaired) electrons. The van der Waals surface area contributed by atoms with Gasteiger partial charge in [0.1, 0.15) is 0 Å². The van der Waals surface area contributed by atoms with Crippen molar-refractivity contribution < 1.29 is 19.4 Å². The van der Waals surface area contributed by atoms with E-state index in [4.69, 9.17) is 9.47 Å². The van der Waals surface area contributed by atoms with Gasteiger partial charge in [-0.15, -0.1) is 0 Å². The van der Waals surface area contributed by atoms with Crippen LogP contribution in [0.25, 0.3) is 0 Å². The summed E-state index contributed by atoms with van der Waals surface area (Å²) in [6.07, 6.45) is 0.802. The zero-order chi connectivity index (χ0) is 25.5. The van der Waals surface area contributed by atoms with Gasteiger partial charge in [0, 0.05) is 30.0 Å². The van der Waals surface area contributed by atoms with Crippen LogP contribution in [0.1, 0.15) is 63.4 Å². The van der Waals surface area contributed by atoms with Crippen molar-refractivity contribution in [2.45, 2.75) is 61.1 Å². The van der Waals surface area contributed by atoms with E-state index in [2.05, 4.69) is 41.9 Å². The second kappa shape index (κ2) is 11.9. The third-order valence-corrected chi connectivity index (χ3v) is 6.46. The van der Waals surface area contributed by atoms with E-state index in [1.807, 2.05) is 45.9 Å². The minimum absolute atomic E-state index is 0.403. The Balaban J connectivity index is 1.73. The average Bonchev–Trinajstić information content (AvgIpc) is 3.05. The summed E-state index contributed by atoms with van der Waals surface area (Å²) in [5, 5.41) is 13.4. The predicted molar refractivity (Wildman–Crippen MR) is 140 cm³/mol. The normalized spacial score (nSPS) is 11.0. The molecular weight excluding hydrogens is 440 g/mol. The third kappa shape index (κ3) is 6.25. The van der Waals surface area contributed by atoms with Crippen LogP contribution in [0.4, 0.5) is 0 Å². The van der Waals surface area contributed by atoms with Gasteiger partial charge >= 0.3 is 5.97 Å². The van der Waals surface area contributed by atoms with Gasteiger partial charge < -0.3 is 24.5 Å². The minimum atomic E-state index is -0.880. The molecular formula is C29H38N2O4. The minimum Gasteiger partial charge on any atom is -0.490 e. The SMILES string of the molecule is CCOc1ccc(CCNCc2c(C(=O)O)c(C)n(Cc3cc(C)ccc3C)c2C)cc1OCC. The Hall–Kier alpha value is -3.25. The molecule has 0 unspecified atom stereocenters. The summed E-state index contributed by atoms with van der Waals surface area (Å²) in [6.45, 7) is 15.1. The van der Waals surface area contributed by atoms with E-state index in [9.17, 15) is 9.90 Å². The molecule has 0 bridgehead atoms. The topological polar surface area (TPSA) is 72.7 Å². The maximum absolute atomic E-state index is 12.2. The van der Waals surface area contributed by atoms with Gasteiger partial charge in [0.2, 0.25) is 0 Å². The maximum Gasteiger partial charge on any atom is 0.337 e. The lowest BCUT2D eigenvalue weighted by atomic mass is 10.1. The highest BCUT2D eigenvalue weighted by Gasteiger charge is 2.22. The first-order valence-electron chi connectivity index (χ1n) is 12.3. The number of aryl methyl sites for hydroxylation is 2. The quantitative estimate of drug-likeness (QED) is 0.332. The van der Waals surface area contributed by atoms with E-state index in [0.717, 1.165) is 47.0 Å². The molecule has 6 nitrogen and oxygen atoms in total. The van der Waals surface area contributed by atoms with Crippen molar-refractivity contribution in [1.29, 1.82) is 0 Å². The summed E-state index contributed by atoms with van der Waals surface area (Å²) in [6, 6.07) is 12.4. The number of aromatic carboxylic acids is 1. The van der Waals surface area contributed by atoms with Gasteiger partial charge in [0.05, 0.1) is 18.8 Å². The Morgan fingerprint density at radius 3 is 2.34 bits per heavy atom. The van der Waals surface area contributed by atoms with Crippen molar-refractivity contribution in [3.8, 4) is 11.5 Å². The molecule has 1 aromatic heterocycles. The Morgan fingerprint density at radius 2 is 1.66 bits per heavy atom. The number of carboxylic acids is 1. The molecule has 0 aliphatic heterocycles. The average molecular weight is 479 g/mol. The van der Waals surface area contributed by atoms with Gasteiger partial charge in [0.25, 0.3) is 0 Å². The molecule has 0 aliphatic rings. The van der Waals surface area contributed by atoms with Gasteiger partial charge in [-0.1, -0.05) is 29.8 Å². The fraction of sp³-hybridized carbons (Fsp3) is 0.414. The van der Waals surface area contributed by atoms with E-state index < -0.39 is 5.97 Å². The molecule has 2 aromatic carbocycles. The molecule has 1 heterocycles. The standard InChI is InChI=1S/C29H38N2O4/c1-7-34-26-12-11-23(16-27(26)35-8-2)13-14-30-17-25-21(5)31(22(6)28(25)29(32)33)18-24-15-19(3)9-10-20(24)4/h9-12,15-16,30H,7-8,13-14,17-18H2,1-6H3,(H,32,33). The molecule has 3 rings (SSSR count). The number of carbonyl (C=O) groups is 1. The zero-order valence-corrected chi connectivity index (χ0v) is 21.8. The molecule has 0 fully saturated rings. The molecule has 0 spiro atoms. The molecule has 35 heavy (non-hydrogen) atoms. The second-order valence-corrected chi connectivity index (χ2v) is 8.92. The number of nitrogens with zero attached hydrogens (tertiary/aromatic N) is 1. The van der Waals surface area contributed by atoms with Crippen LogP contribution in [0.15, 0.2) is 36.4 Å². The monoisotopic (exact) mass is 478 g/mol. The molecule has 0 aliphatic carbocycles. The van der Waals surface area contributed by atoms with Gasteiger partial charge in [-0.25, -0.2) is 4.79 Å². The number of carboxylic acid groups (broad SMARTS) is 1. The van der Waals surface area contributed by atoms with Crippen LogP contribution in [0.2, 0.25) is 0 Å². The highest BCUT2D eigenvalue weighted by molar-refractivity contribution is 5.91. The first kappa shape index (κ1) is 26.4. The summed E-state index contributed by atoms with van der Waals surface area (Å²) in [5.74, 6) is 0.637. The summed E-state index contributed by atoms with van der Waals surface area (Å²) in [5.41, 5.74) is 7.80. The summed E-state index contributed by atoms with van der Waals surface area (Å²) >= 11 is 0. The Labute approximate surface area is 208 Å². The number of rotatable bonds is 12. The Morgan fingerprint density at radius 1 is 0.943 bits per heavy atom. The van der Waals surface area contributed by atoms with E-state index in [0.29, 0.717) is 31.9 Å². The molecule has 0 atom stereocenters. The van der Waals surface area contributed by atoms with Crippen molar-refractivity contribution in [2.75, 3.05) is 19.8 Å². The lowest BCUT2D eigenvalue weighted by molar-refractivity contribution is 0.0694. The molecule has 2 N–H and O–H groups in total. The smallest absolute Gasteiger partial charge is 0.337 e. The van der Waals surface area contributed by atoms with Crippen LogP contribution in [-0.4, -0.2) is 35.4 Å². The zero-order valence-electron chi connectivity index (χ0n) is 21.8. The van der Waals surface area contributed by atoms with Gasteiger partial charge in [-0.05, 0) is 83.3 Å². The third-order valence-electron chi connectivity index (χ3n) is 6.46. The summed E-state index contributed by atoms with van der Waals surface area (Å²) in [7, 11) is 0. The summed E-state index contributed by atoms with van der Waals surface area (Å²) in [4.78, 5) is 12.2. The van der Waals surface area contributed by atoms with Crippen molar-refractivity contribution >= 4 is 5.97 Å². The number of benzene rings is 2. The van der Waals surface area contributed by atoms with Gasteiger partial charge in [-0.2, -0.15) is 0 Å². The lowest BCUT2D eigenvalue weighted by Gasteiger charge is -2.13. The number of aromatic nitrogens is 1. The fourth-order valence-electron chi connectivity index (χ4n) is 4.52. The first-order valence-corrected chi connectivity index (χ1v) is 12.3. The van der Waals surface area contributed by atoms with Crippen molar-refractivity contribution in [1.82, 2.24) is 9.88 Å². The van der Waals surface area contributed by atoms with Crippen molar-refractivity contribution in [2.24, 2.45) is 0 Å². The lowest BCUT2D eigenvalue weighted by Crippen LogP contribution is -2.19. The van der Waals surface area contributed by atoms with E-state index in [1.54, 1.807) is 0 Å². The molecule has 6 heteroatoms. The van der Waals surface area contributed by atoms with Crippen LogP contribution in [0.3, 0.4) is 0 Å². The first-order chi connectivity index (χ1) is 16.8. The summed E-state index contributed by atoms with van der Waals surface area (Å²) < 4.78 is 13.5. The molecule has 0 saturated carbocycles. The van der Waals surface area contributed by atoms with E-state index in [1.165, 1.54) is 16.7 Å². The van der Waals surface area contributed by atoms with Crippen LogP contribution in [0.5, 0.6) is 11.5 Å². The Kier molecular flexibility index (Phi) is 8.99. The highest BCUT2D eigenvalue weighted by atomic mass is 16.5. The van der Waals surface area contributed by atoms with Crippen molar-refractivity contribution in [3.63, 3.8) is 0 Å². The number of hydrogen-bond donors (Lipinski definition) is 2. The number of hydrogen-bond acceptors (Lipinski definition) is 4. The van der Waals surface area contributed by atoms with Crippen LogP contribution >= 0.6 is 0 Å². The van der Waals surface area contributed by atoms with Crippen LogP contribution in [0, 0.1) is 27.7 Å². The van der Waals surface area contributed by atoms with E-state index in [-0.39, 0.29) is 0 Å². The molecule has 0 saturated heterocycles. The van der Waals surface area contributed by atoms with Gasteiger partial charge in [-0.3, -0.25) is 0 Å².